The lowest BCUT2D eigenvalue weighted by atomic mass is 9.97. The van der Waals surface area contributed by atoms with Gasteiger partial charge < -0.3 is 15.9 Å². The molecule has 4 N–H and O–H groups in total. The Morgan fingerprint density at radius 1 is 1.25 bits per heavy atom. The molecule has 4 nitrogen and oxygen atoms in total. The molecule has 0 saturated carbocycles. The van der Waals surface area contributed by atoms with E-state index in [-0.39, 0.29) is 0 Å². The third kappa shape index (κ3) is 2.81. The van der Waals surface area contributed by atoms with Crippen molar-refractivity contribution >= 4 is 5.91 Å². The number of rotatable bonds is 4. The molecule has 0 bridgehead atoms. The highest BCUT2D eigenvalue weighted by Gasteiger charge is 2.23. The van der Waals surface area contributed by atoms with Crippen molar-refractivity contribution < 1.29 is 15.0 Å². The van der Waals surface area contributed by atoms with Crippen molar-refractivity contribution in [2.75, 3.05) is 0 Å². The van der Waals surface area contributed by atoms with Gasteiger partial charge in [0.15, 0.2) is 6.10 Å². The summed E-state index contributed by atoms with van der Waals surface area (Å²) in [6.07, 6.45) is -2.83. The molecule has 0 aliphatic carbocycles. The maximum absolute atomic E-state index is 10.7. The van der Waals surface area contributed by atoms with Crippen LogP contribution >= 0.6 is 0 Å². The van der Waals surface area contributed by atoms with E-state index in [0.717, 1.165) is 5.56 Å². The third-order valence-electron chi connectivity index (χ3n) is 2.51. The second kappa shape index (κ2) is 5.09. The number of aliphatic hydroxyl groups is 2. The normalized spacial score (nSPS) is 14.8. The Morgan fingerprint density at radius 2 is 1.81 bits per heavy atom. The molecule has 88 valence electrons. The smallest absolute Gasteiger partial charge is 0.249 e. The monoisotopic (exact) mass is 223 g/mol. The predicted octanol–water partition coefficient (Wildman–Crippen LogP) is 0.690. The Balaban J connectivity index is 2.95. The first kappa shape index (κ1) is 12.7. The van der Waals surface area contributed by atoms with E-state index in [4.69, 9.17) is 5.73 Å². The van der Waals surface area contributed by atoms with Gasteiger partial charge in [0.25, 0.3) is 0 Å². The van der Waals surface area contributed by atoms with E-state index in [1.54, 1.807) is 18.2 Å². The van der Waals surface area contributed by atoms with Crippen molar-refractivity contribution in [2.24, 2.45) is 5.73 Å². The predicted molar refractivity (Wildman–Crippen MR) is 60.7 cm³/mol. The van der Waals surface area contributed by atoms with Crippen LogP contribution in [0.5, 0.6) is 0 Å². The number of amides is 1. The van der Waals surface area contributed by atoms with Gasteiger partial charge in [-0.05, 0) is 17.0 Å². The lowest BCUT2D eigenvalue weighted by molar-refractivity contribution is -0.131. The highest BCUT2D eigenvalue weighted by Crippen LogP contribution is 2.21. The van der Waals surface area contributed by atoms with Gasteiger partial charge in [-0.1, -0.05) is 38.1 Å². The standard InChI is InChI=1S/C12H17NO3/c1-7(2)8-4-3-5-9(6-8)10(14)11(15)12(13)16/h3-7,10-11,14-15H,1-2H3,(H2,13,16). The van der Waals surface area contributed by atoms with Crippen LogP contribution in [0.15, 0.2) is 24.3 Å². The maximum Gasteiger partial charge on any atom is 0.249 e. The van der Waals surface area contributed by atoms with Crippen molar-refractivity contribution in [3.8, 4) is 0 Å². The Hall–Kier alpha value is -1.39. The molecule has 2 atom stereocenters. The van der Waals surface area contributed by atoms with Crippen LogP contribution in [0.4, 0.5) is 0 Å². The van der Waals surface area contributed by atoms with Gasteiger partial charge in [0, 0.05) is 0 Å². The van der Waals surface area contributed by atoms with E-state index < -0.39 is 18.1 Å². The van der Waals surface area contributed by atoms with Gasteiger partial charge in [0.1, 0.15) is 6.10 Å². The molecule has 0 aliphatic heterocycles. The molecule has 0 fully saturated rings. The highest BCUT2D eigenvalue weighted by molar-refractivity contribution is 5.79. The maximum atomic E-state index is 10.7. The van der Waals surface area contributed by atoms with E-state index in [2.05, 4.69) is 0 Å². The molecule has 0 aliphatic rings. The van der Waals surface area contributed by atoms with Gasteiger partial charge >= 0.3 is 0 Å². The fraction of sp³-hybridized carbons (Fsp3) is 0.417. The molecule has 0 saturated heterocycles. The number of primary amides is 1. The minimum absolute atomic E-state index is 0.317. The molecule has 0 spiro atoms. The van der Waals surface area contributed by atoms with E-state index in [1.165, 1.54) is 0 Å². The van der Waals surface area contributed by atoms with Crippen LogP contribution in [0.2, 0.25) is 0 Å². The summed E-state index contributed by atoms with van der Waals surface area (Å²) in [5.74, 6) is -0.611. The molecule has 1 aromatic rings. The zero-order chi connectivity index (χ0) is 12.3. The van der Waals surface area contributed by atoms with Crippen molar-refractivity contribution in [1.82, 2.24) is 0 Å². The van der Waals surface area contributed by atoms with Crippen molar-refractivity contribution in [1.29, 1.82) is 0 Å². The molecule has 2 unspecified atom stereocenters. The van der Waals surface area contributed by atoms with Crippen LogP contribution in [0.25, 0.3) is 0 Å². The number of hydrogen-bond acceptors (Lipinski definition) is 3. The summed E-state index contributed by atoms with van der Waals surface area (Å²) in [6.45, 7) is 4.05. The van der Waals surface area contributed by atoms with E-state index in [9.17, 15) is 15.0 Å². The summed E-state index contributed by atoms with van der Waals surface area (Å²) < 4.78 is 0. The average Bonchev–Trinajstić information content (AvgIpc) is 2.27. The van der Waals surface area contributed by atoms with Gasteiger partial charge in [-0.15, -0.1) is 0 Å². The fourth-order valence-corrected chi connectivity index (χ4v) is 1.44. The molecule has 4 heteroatoms. The zero-order valence-corrected chi connectivity index (χ0v) is 9.42. The molecule has 1 aromatic carbocycles. The molecule has 16 heavy (non-hydrogen) atoms. The van der Waals surface area contributed by atoms with Gasteiger partial charge in [-0.25, -0.2) is 0 Å². The summed E-state index contributed by atoms with van der Waals surface area (Å²) in [7, 11) is 0. The van der Waals surface area contributed by atoms with Crippen LogP contribution in [0.3, 0.4) is 0 Å². The fourth-order valence-electron chi connectivity index (χ4n) is 1.44. The first-order valence-electron chi connectivity index (χ1n) is 5.18. The van der Waals surface area contributed by atoms with Crippen LogP contribution in [-0.2, 0) is 4.79 Å². The van der Waals surface area contributed by atoms with Gasteiger partial charge in [0.2, 0.25) is 5.91 Å². The Bertz CT molecular complexity index is 376. The van der Waals surface area contributed by atoms with Crippen molar-refractivity contribution in [3.05, 3.63) is 35.4 Å². The van der Waals surface area contributed by atoms with E-state index in [1.807, 2.05) is 19.9 Å². The Morgan fingerprint density at radius 3 is 2.31 bits per heavy atom. The van der Waals surface area contributed by atoms with E-state index in [0.29, 0.717) is 11.5 Å². The van der Waals surface area contributed by atoms with Crippen LogP contribution in [-0.4, -0.2) is 22.2 Å². The number of carbonyl (C=O) groups is 1. The third-order valence-corrected chi connectivity index (χ3v) is 2.51. The first-order valence-corrected chi connectivity index (χ1v) is 5.18. The number of nitrogens with two attached hydrogens (primary N) is 1. The summed E-state index contributed by atoms with van der Waals surface area (Å²) in [4.78, 5) is 10.7. The zero-order valence-electron chi connectivity index (χ0n) is 9.42. The largest absolute Gasteiger partial charge is 0.385 e. The summed E-state index contributed by atoms with van der Waals surface area (Å²) >= 11 is 0. The van der Waals surface area contributed by atoms with E-state index >= 15 is 0 Å². The molecular formula is C12H17NO3. The van der Waals surface area contributed by atoms with Gasteiger partial charge in [0.05, 0.1) is 0 Å². The first-order chi connectivity index (χ1) is 7.43. The number of aliphatic hydroxyl groups excluding tert-OH is 2. The molecule has 0 heterocycles. The second-order valence-electron chi connectivity index (χ2n) is 4.12. The molecular weight excluding hydrogens is 206 g/mol. The number of benzene rings is 1. The molecule has 0 aromatic heterocycles. The SMILES string of the molecule is CC(C)c1cccc(C(O)C(O)C(N)=O)c1. The lowest BCUT2D eigenvalue weighted by Crippen LogP contribution is -2.33. The second-order valence-corrected chi connectivity index (χ2v) is 4.12. The summed E-state index contributed by atoms with van der Waals surface area (Å²) in [5, 5.41) is 19.1. The highest BCUT2D eigenvalue weighted by atomic mass is 16.3. The molecule has 1 amide bonds. The summed E-state index contributed by atoms with van der Waals surface area (Å²) in [5.41, 5.74) is 6.46. The van der Waals surface area contributed by atoms with Crippen LogP contribution in [0, 0.1) is 0 Å². The minimum atomic E-state index is -1.57. The molecule has 0 radical (unpaired) electrons. The van der Waals surface area contributed by atoms with Gasteiger partial charge in [-0.3, -0.25) is 4.79 Å². The number of carbonyl (C=O) groups excluding carboxylic acids is 1. The van der Waals surface area contributed by atoms with Crippen molar-refractivity contribution in [2.45, 2.75) is 32.0 Å². The lowest BCUT2D eigenvalue weighted by Gasteiger charge is -2.16. The Kier molecular flexibility index (Phi) is 4.04. The summed E-state index contributed by atoms with van der Waals surface area (Å²) in [6, 6.07) is 7.13. The average molecular weight is 223 g/mol. The van der Waals surface area contributed by atoms with Crippen LogP contribution < -0.4 is 5.73 Å². The van der Waals surface area contributed by atoms with Crippen molar-refractivity contribution in [3.63, 3.8) is 0 Å². The minimum Gasteiger partial charge on any atom is -0.385 e. The Labute approximate surface area is 94.7 Å². The molecule has 1 rings (SSSR count). The topological polar surface area (TPSA) is 83.6 Å². The van der Waals surface area contributed by atoms with Gasteiger partial charge in [-0.2, -0.15) is 0 Å². The number of hydrogen-bond donors (Lipinski definition) is 3. The van der Waals surface area contributed by atoms with Crippen LogP contribution in [0.1, 0.15) is 37.0 Å². The quantitative estimate of drug-likeness (QED) is 0.702.